The van der Waals surface area contributed by atoms with Gasteiger partial charge in [0.25, 0.3) is 11.8 Å². The molecule has 1 heterocycles. The Hall–Kier alpha value is -3.36. The fourth-order valence-corrected chi connectivity index (χ4v) is 4.19. The quantitative estimate of drug-likeness (QED) is 0.612. The van der Waals surface area contributed by atoms with E-state index in [2.05, 4.69) is 10.6 Å². The van der Waals surface area contributed by atoms with Crippen LogP contribution in [0, 0.1) is 12.8 Å². The Morgan fingerprint density at radius 2 is 1.69 bits per heavy atom. The zero-order valence-electron chi connectivity index (χ0n) is 19.8. The molecule has 9 heteroatoms. The molecular formula is C26H30F3N3O3. The Bertz CT molecular complexity index is 1050. The second-order valence-electron chi connectivity index (χ2n) is 8.82. The molecular weight excluding hydrogens is 459 g/mol. The summed E-state index contributed by atoms with van der Waals surface area (Å²) in [6.07, 6.45) is -2.75. The van der Waals surface area contributed by atoms with Gasteiger partial charge < -0.3 is 15.5 Å². The van der Waals surface area contributed by atoms with Crippen LogP contribution in [-0.2, 0) is 11.0 Å². The average molecular weight is 490 g/mol. The zero-order valence-corrected chi connectivity index (χ0v) is 19.8. The highest BCUT2D eigenvalue weighted by molar-refractivity contribution is 5.98. The Balaban J connectivity index is 1.67. The van der Waals surface area contributed by atoms with E-state index in [1.165, 1.54) is 12.1 Å². The van der Waals surface area contributed by atoms with Gasteiger partial charge in [-0.05, 0) is 68.5 Å². The molecule has 1 aliphatic heterocycles. The Labute approximate surface area is 202 Å². The van der Waals surface area contributed by atoms with Crippen LogP contribution < -0.4 is 10.6 Å². The highest BCUT2D eigenvalue weighted by atomic mass is 19.4. The molecule has 1 aliphatic rings. The monoisotopic (exact) mass is 489 g/mol. The van der Waals surface area contributed by atoms with Crippen molar-refractivity contribution >= 4 is 17.7 Å². The van der Waals surface area contributed by atoms with Crippen LogP contribution in [0.2, 0.25) is 0 Å². The number of benzene rings is 2. The van der Waals surface area contributed by atoms with Crippen molar-refractivity contribution < 1.29 is 27.6 Å². The first-order valence-corrected chi connectivity index (χ1v) is 11.7. The first-order valence-electron chi connectivity index (χ1n) is 11.7. The number of aryl methyl sites for hydroxylation is 1. The molecule has 2 aromatic carbocycles. The van der Waals surface area contributed by atoms with Gasteiger partial charge in [-0.3, -0.25) is 14.4 Å². The molecule has 2 aromatic rings. The molecule has 0 spiro atoms. The summed E-state index contributed by atoms with van der Waals surface area (Å²) in [5, 5.41) is 5.72. The molecule has 0 aromatic heterocycles. The van der Waals surface area contributed by atoms with Gasteiger partial charge in [0.05, 0.1) is 5.56 Å². The van der Waals surface area contributed by atoms with Crippen LogP contribution in [0.15, 0.2) is 48.5 Å². The Morgan fingerprint density at radius 3 is 2.26 bits per heavy atom. The lowest BCUT2D eigenvalue weighted by Gasteiger charge is -2.36. The SMILES string of the molecule is CCCNC(=O)C(NC(=O)c1cccc(C)c1)C1CCN(C(=O)c2ccc(C(F)(F)F)cc2)CC1. The molecule has 1 unspecified atom stereocenters. The van der Waals surface area contributed by atoms with E-state index in [9.17, 15) is 27.6 Å². The largest absolute Gasteiger partial charge is 0.416 e. The van der Waals surface area contributed by atoms with Crippen LogP contribution in [0.4, 0.5) is 13.2 Å². The molecule has 35 heavy (non-hydrogen) atoms. The molecule has 1 saturated heterocycles. The Kier molecular flexibility index (Phi) is 8.53. The smallest absolute Gasteiger partial charge is 0.354 e. The lowest BCUT2D eigenvalue weighted by atomic mass is 9.88. The van der Waals surface area contributed by atoms with E-state index in [0.717, 1.165) is 24.1 Å². The van der Waals surface area contributed by atoms with E-state index in [1.807, 2.05) is 19.9 Å². The summed E-state index contributed by atoms with van der Waals surface area (Å²) in [6, 6.07) is 10.5. The van der Waals surface area contributed by atoms with Crippen molar-refractivity contribution in [2.45, 2.75) is 45.3 Å². The van der Waals surface area contributed by atoms with Gasteiger partial charge in [-0.15, -0.1) is 0 Å². The molecule has 6 nitrogen and oxygen atoms in total. The molecule has 3 rings (SSSR count). The highest BCUT2D eigenvalue weighted by Gasteiger charge is 2.35. The first kappa shape index (κ1) is 26.2. The average Bonchev–Trinajstić information content (AvgIpc) is 2.85. The van der Waals surface area contributed by atoms with E-state index in [0.29, 0.717) is 38.0 Å². The number of carbonyl (C=O) groups is 3. The number of rotatable bonds is 7. The second kappa shape index (κ2) is 11.4. The Morgan fingerprint density at radius 1 is 1.03 bits per heavy atom. The van der Waals surface area contributed by atoms with E-state index >= 15 is 0 Å². The van der Waals surface area contributed by atoms with Crippen molar-refractivity contribution in [3.05, 3.63) is 70.8 Å². The van der Waals surface area contributed by atoms with Crippen LogP contribution in [-0.4, -0.2) is 48.3 Å². The standard InChI is InChI=1S/C26H30F3N3O3/c1-3-13-30-24(34)22(31-23(33)20-6-4-5-17(2)16-20)18-11-14-32(15-12-18)25(35)19-7-9-21(10-8-19)26(27,28)29/h4-10,16,18,22H,3,11-15H2,1-2H3,(H,30,34)(H,31,33). The first-order chi connectivity index (χ1) is 16.6. The molecule has 188 valence electrons. The second-order valence-corrected chi connectivity index (χ2v) is 8.82. The van der Waals surface area contributed by atoms with Crippen molar-refractivity contribution in [2.24, 2.45) is 5.92 Å². The highest BCUT2D eigenvalue weighted by Crippen LogP contribution is 2.29. The van der Waals surface area contributed by atoms with Crippen LogP contribution >= 0.6 is 0 Å². The van der Waals surface area contributed by atoms with Gasteiger partial charge in [-0.2, -0.15) is 13.2 Å². The van der Waals surface area contributed by atoms with Crippen molar-refractivity contribution in [1.29, 1.82) is 0 Å². The number of likely N-dealkylation sites (tertiary alicyclic amines) is 1. The van der Waals surface area contributed by atoms with Gasteiger partial charge in [-0.25, -0.2) is 0 Å². The molecule has 2 N–H and O–H groups in total. The molecule has 0 bridgehead atoms. The molecule has 3 amide bonds. The molecule has 1 fully saturated rings. The minimum Gasteiger partial charge on any atom is -0.354 e. The number of nitrogens with zero attached hydrogens (tertiary/aromatic N) is 1. The number of alkyl halides is 3. The number of amides is 3. The van der Waals surface area contributed by atoms with Gasteiger partial charge in [0.1, 0.15) is 6.04 Å². The van der Waals surface area contributed by atoms with Crippen molar-refractivity contribution in [3.8, 4) is 0 Å². The van der Waals surface area contributed by atoms with Crippen LogP contribution in [0.3, 0.4) is 0 Å². The molecule has 0 radical (unpaired) electrons. The lowest BCUT2D eigenvalue weighted by molar-refractivity contribution is -0.137. The number of hydrogen-bond donors (Lipinski definition) is 2. The third kappa shape index (κ3) is 6.83. The van der Waals surface area contributed by atoms with Gasteiger partial charge >= 0.3 is 6.18 Å². The van der Waals surface area contributed by atoms with E-state index < -0.39 is 17.8 Å². The number of nitrogens with one attached hydrogen (secondary N) is 2. The van der Waals surface area contributed by atoms with E-state index in [-0.39, 0.29) is 29.2 Å². The minimum atomic E-state index is -4.46. The molecule has 1 atom stereocenters. The fourth-order valence-electron chi connectivity index (χ4n) is 4.19. The lowest BCUT2D eigenvalue weighted by Crippen LogP contribution is -2.54. The number of halogens is 3. The molecule has 0 aliphatic carbocycles. The van der Waals surface area contributed by atoms with Crippen LogP contribution in [0.1, 0.15) is 58.0 Å². The summed E-state index contributed by atoms with van der Waals surface area (Å²) < 4.78 is 38.4. The van der Waals surface area contributed by atoms with E-state index in [1.54, 1.807) is 23.1 Å². The van der Waals surface area contributed by atoms with Gasteiger partial charge in [-0.1, -0.05) is 24.6 Å². The number of piperidine rings is 1. The third-order valence-corrected chi connectivity index (χ3v) is 6.16. The predicted molar refractivity (Wildman–Crippen MR) is 126 cm³/mol. The summed E-state index contributed by atoms with van der Waals surface area (Å²) in [7, 11) is 0. The maximum Gasteiger partial charge on any atom is 0.416 e. The zero-order chi connectivity index (χ0) is 25.6. The predicted octanol–water partition coefficient (Wildman–Crippen LogP) is 4.19. The van der Waals surface area contributed by atoms with Crippen LogP contribution in [0.25, 0.3) is 0 Å². The van der Waals surface area contributed by atoms with Gasteiger partial charge in [0.15, 0.2) is 0 Å². The minimum absolute atomic E-state index is 0.182. The normalized spacial score (nSPS) is 15.4. The third-order valence-electron chi connectivity index (χ3n) is 6.16. The van der Waals surface area contributed by atoms with Crippen molar-refractivity contribution in [1.82, 2.24) is 15.5 Å². The summed E-state index contributed by atoms with van der Waals surface area (Å²) in [5.74, 6) is -1.14. The summed E-state index contributed by atoms with van der Waals surface area (Å²) in [6.45, 7) is 4.98. The van der Waals surface area contributed by atoms with Crippen LogP contribution in [0.5, 0.6) is 0 Å². The van der Waals surface area contributed by atoms with E-state index in [4.69, 9.17) is 0 Å². The summed E-state index contributed by atoms with van der Waals surface area (Å²) in [4.78, 5) is 40.1. The fraction of sp³-hybridized carbons (Fsp3) is 0.423. The maximum absolute atomic E-state index is 12.9. The van der Waals surface area contributed by atoms with Gasteiger partial charge in [0.2, 0.25) is 5.91 Å². The molecule has 0 saturated carbocycles. The maximum atomic E-state index is 12.9. The summed E-state index contributed by atoms with van der Waals surface area (Å²) in [5.41, 5.74) is 0.771. The van der Waals surface area contributed by atoms with Gasteiger partial charge in [0, 0.05) is 30.8 Å². The number of hydrogen-bond acceptors (Lipinski definition) is 3. The topological polar surface area (TPSA) is 78.5 Å². The summed E-state index contributed by atoms with van der Waals surface area (Å²) >= 11 is 0. The van der Waals surface area contributed by atoms with Crippen molar-refractivity contribution in [2.75, 3.05) is 19.6 Å². The number of carbonyl (C=O) groups excluding carboxylic acids is 3. The van der Waals surface area contributed by atoms with Crippen molar-refractivity contribution in [3.63, 3.8) is 0 Å².